The van der Waals surface area contributed by atoms with E-state index in [0.29, 0.717) is 12.2 Å². The molecule has 0 aliphatic heterocycles. The second-order valence-electron chi connectivity index (χ2n) is 2.75. The van der Waals surface area contributed by atoms with Crippen LogP contribution in [0.2, 0.25) is 0 Å². The van der Waals surface area contributed by atoms with Crippen molar-refractivity contribution in [2.75, 3.05) is 6.61 Å². The molecule has 0 radical (unpaired) electrons. The van der Waals surface area contributed by atoms with Gasteiger partial charge in [-0.2, -0.15) is 0 Å². The zero-order valence-electron chi connectivity index (χ0n) is 7.83. The van der Waals surface area contributed by atoms with E-state index in [2.05, 4.69) is 0 Å². The van der Waals surface area contributed by atoms with Gasteiger partial charge in [0, 0.05) is 0 Å². The molecule has 3 nitrogen and oxygen atoms in total. The summed E-state index contributed by atoms with van der Waals surface area (Å²) >= 11 is 0. The number of nitrogens with one attached hydrogen (secondary N) is 1. The molecule has 0 spiro atoms. The Labute approximate surface area is 81.6 Å². The maximum absolute atomic E-state index is 12.8. The molecule has 1 rings (SSSR count). The third kappa shape index (κ3) is 2.53. The van der Waals surface area contributed by atoms with Crippen LogP contribution in [0.4, 0.5) is 4.39 Å². The number of aliphatic hydroxyl groups is 1. The number of ether oxygens (including phenoxy) is 1. The summed E-state index contributed by atoms with van der Waals surface area (Å²) in [6.07, 6.45) is -1.19. The summed E-state index contributed by atoms with van der Waals surface area (Å²) in [5, 5.41) is 16.8. The summed E-state index contributed by atoms with van der Waals surface area (Å²) in [5.41, 5.74) is 0.323. The minimum absolute atomic E-state index is 0.266. The molecule has 0 amide bonds. The smallest absolute Gasteiger partial charge is 0.214 e. The molecule has 14 heavy (non-hydrogen) atoms. The van der Waals surface area contributed by atoms with E-state index in [1.807, 2.05) is 0 Å². The van der Waals surface area contributed by atoms with E-state index in [1.54, 1.807) is 13.0 Å². The number of aliphatic hydroxyl groups excluding tert-OH is 1. The predicted octanol–water partition coefficient (Wildman–Crippen LogP) is 1.87. The van der Waals surface area contributed by atoms with Crippen molar-refractivity contribution in [1.29, 1.82) is 5.41 Å². The molecule has 1 aromatic carbocycles. The molecule has 2 N–H and O–H groups in total. The average Bonchev–Trinajstić information content (AvgIpc) is 2.17. The van der Waals surface area contributed by atoms with Gasteiger partial charge < -0.3 is 9.84 Å². The number of hydrogen-bond acceptors (Lipinski definition) is 3. The van der Waals surface area contributed by atoms with Crippen LogP contribution in [0.1, 0.15) is 18.6 Å². The van der Waals surface area contributed by atoms with E-state index >= 15 is 0 Å². The highest BCUT2D eigenvalue weighted by atomic mass is 19.1. The molecule has 0 bridgehead atoms. The van der Waals surface area contributed by atoms with Crippen LogP contribution in [0.5, 0.6) is 0 Å². The minimum atomic E-state index is -1.19. The second kappa shape index (κ2) is 4.72. The van der Waals surface area contributed by atoms with Crippen molar-refractivity contribution in [2.45, 2.75) is 13.0 Å². The van der Waals surface area contributed by atoms with Crippen LogP contribution in [0.15, 0.2) is 24.3 Å². The largest absolute Gasteiger partial charge is 0.479 e. The van der Waals surface area contributed by atoms with Gasteiger partial charge in [-0.25, -0.2) is 4.39 Å². The lowest BCUT2D eigenvalue weighted by Crippen LogP contribution is -2.14. The van der Waals surface area contributed by atoms with Crippen molar-refractivity contribution in [1.82, 2.24) is 0 Å². The molecule has 0 aliphatic carbocycles. The number of benzene rings is 1. The third-order valence-corrected chi connectivity index (χ3v) is 1.71. The van der Waals surface area contributed by atoms with Gasteiger partial charge in [-0.15, -0.1) is 0 Å². The normalized spacial score (nSPS) is 12.2. The second-order valence-corrected chi connectivity index (χ2v) is 2.75. The summed E-state index contributed by atoms with van der Waals surface area (Å²) in [7, 11) is 0. The van der Waals surface area contributed by atoms with Crippen LogP contribution in [0.25, 0.3) is 0 Å². The maximum Gasteiger partial charge on any atom is 0.214 e. The molecule has 1 aromatic rings. The Kier molecular flexibility index (Phi) is 3.59. The third-order valence-electron chi connectivity index (χ3n) is 1.71. The van der Waals surface area contributed by atoms with Crippen molar-refractivity contribution in [3.8, 4) is 0 Å². The first kappa shape index (κ1) is 10.7. The maximum atomic E-state index is 12.8. The zero-order valence-corrected chi connectivity index (χ0v) is 7.83. The van der Waals surface area contributed by atoms with Crippen molar-refractivity contribution in [2.24, 2.45) is 0 Å². The zero-order chi connectivity index (χ0) is 10.6. The average molecular weight is 197 g/mol. The van der Waals surface area contributed by atoms with Crippen LogP contribution in [-0.2, 0) is 4.74 Å². The van der Waals surface area contributed by atoms with Gasteiger partial charge in [0.25, 0.3) is 0 Å². The van der Waals surface area contributed by atoms with Gasteiger partial charge in [-0.05, 0) is 24.6 Å². The Bertz CT molecular complexity index is 328. The first-order chi connectivity index (χ1) is 6.65. The highest BCUT2D eigenvalue weighted by Crippen LogP contribution is 2.15. The van der Waals surface area contributed by atoms with E-state index < -0.39 is 11.9 Å². The Morgan fingerprint density at radius 3 is 2.93 bits per heavy atom. The van der Waals surface area contributed by atoms with Crippen molar-refractivity contribution >= 4 is 5.90 Å². The van der Waals surface area contributed by atoms with Gasteiger partial charge in [0.15, 0.2) is 6.10 Å². The van der Waals surface area contributed by atoms with Gasteiger partial charge in [0.2, 0.25) is 5.90 Å². The van der Waals surface area contributed by atoms with Gasteiger partial charge in [-0.1, -0.05) is 12.1 Å². The number of hydrogen-bond donors (Lipinski definition) is 2. The van der Waals surface area contributed by atoms with Crippen LogP contribution in [0, 0.1) is 11.2 Å². The van der Waals surface area contributed by atoms with Gasteiger partial charge in [0.05, 0.1) is 6.61 Å². The van der Waals surface area contributed by atoms with Crippen molar-refractivity contribution in [3.05, 3.63) is 35.6 Å². The fourth-order valence-corrected chi connectivity index (χ4v) is 1.06. The summed E-state index contributed by atoms with van der Waals surface area (Å²) in [6.45, 7) is 2.03. The highest BCUT2D eigenvalue weighted by molar-refractivity contribution is 5.78. The lowest BCUT2D eigenvalue weighted by atomic mass is 10.1. The molecule has 0 aliphatic rings. The van der Waals surface area contributed by atoms with Crippen LogP contribution in [0.3, 0.4) is 0 Å². The molecule has 0 aromatic heterocycles. The first-order valence-electron chi connectivity index (χ1n) is 4.30. The van der Waals surface area contributed by atoms with Gasteiger partial charge in [0.1, 0.15) is 5.82 Å². The minimum Gasteiger partial charge on any atom is -0.479 e. The number of rotatable bonds is 3. The molecule has 1 unspecified atom stereocenters. The Morgan fingerprint density at radius 1 is 1.64 bits per heavy atom. The fourth-order valence-electron chi connectivity index (χ4n) is 1.06. The molecular formula is C10H12FNO2. The lowest BCUT2D eigenvalue weighted by Gasteiger charge is -2.12. The van der Waals surface area contributed by atoms with Crippen molar-refractivity contribution < 1.29 is 14.2 Å². The van der Waals surface area contributed by atoms with Crippen LogP contribution >= 0.6 is 0 Å². The Morgan fingerprint density at radius 2 is 2.36 bits per heavy atom. The van der Waals surface area contributed by atoms with Crippen LogP contribution < -0.4 is 0 Å². The summed E-state index contributed by atoms with van der Waals surface area (Å²) in [4.78, 5) is 0. The monoisotopic (exact) mass is 197 g/mol. The molecule has 0 fully saturated rings. The molecule has 0 saturated carbocycles. The summed E-state index contributed by atoms with van der Waals surface area (Å²) < 4.78 is 17.6. The first-order valence-corrected chi connectivity index (χ1v) is 4.30. The summed E-state index contributed by atoms with van der Waals surface area (Å²) in [6, 6.07) is 5.48. The van der Waals surface area contributed by atoms with Crippen LogP contribution in [-0.4, -0.2) is 17.6 Å². The Balaban J connectivity index is 2.78. The fraction of sp³-hybridized carbons (Fsp3) is 0.300. The number of halogens is 1. The van der Waals surface area contributed by atoms with E-state index in [1.165, 1.54) is 18.2 Å². The molecule has 1 atom stereocenters. The van der Waals surface area contributed by atoms with E-state index in [9.17, 15) is 9.50 Å². The van der Waals surface area contributed by atoms with Gasteiger partial charge >= 0.3 is 0 Å². The highest BCUT2D eigenvalue weighted by Gasteiger charge is 2.14. The standard InChI is InChI=1S/C10H12FNO2/c1-2-14-10(12)9(13)7-4-3-5-8(11)6-7/h3-6,9,12-13H,2H2,1H3. The summed E-state index contributed by atoms with van der Waals surface area (Å²) in [5.74, 6) is -0.705. The Hall–Kier alpha value is -1.42. The van der Waals surface area contributed by atoms with E-state index in [0.717, 1.165) is 0 Å². The molecule has 0 saturated heterocycles. The van der Waals surface area contributed by atoms with Crippen molar-refractivity contribution in [3.63, 3.8) is 0 Å². The molecule has 0 heterocycles. The van der Waals surface area contributed by atoms with E-state index in [-0.39, 0.29) is 5.90 Å². The SMILES string of the molecule is CCOC(=N)C(O)c1cccc(F)c1. The lowest BCUT2D eigenvalue weighted by molar-refractivity contribution is 0.190. The predicted molar refractivity (Wildman–Crippen MR) is 50.7 cm³/mol. The molecule has 76 valence electrons. The van der Waals surface area contributed by atoms with Gasteiger partial charge in [-0.3, -0.25) is 5.41 Å². The quantitative estimate of drug-likeness (QED) is 0.574. The topological polar surface area (TPSA) is 53.3 Å². The molecule has 4 heteroatoms. The van der Waals surface area contributed by atoms with E-state index in [4.69, 9.17) is 10.1 Å². The molecular weight excluding hydrogens is 185 g/mol.